The van der Waals surface area contributed by atoms with Crippen LogP contribution in [0.2, 0.25) is 0 Å². The summed E-state index contributed by atoms with van der Waals surface area (Å²) < 4.78 is 108. The van der Waals surface area contributed by atoms with Gasteiger partial charge in [-0.05, 0) is 48.0 Å². The number of benzene rings is 2. The normalized spacial score (nSPS) is 15.8. The highest BCUT2D eigenvalue weighted by molar-refractivity contribution is 6.06. The Labute approximate surface area is 209 Å². The fourth-order valence-corrected chi connectivity index (χ4v) is 3.72. The van der Waals surface area contributed by atoms with E-state index in [0.717, 1.165) is 24.3 Å². The molecule has 0 aliphatic carbocycles. The molecule has 3 aromatic rings. The molecule has 0 spiro atoms. The Morgan fingerprint density at radius 1 is 1.00 bits per heavy atom. The van der Waals surface area contributed by atoms with Crippen LogP contribution < -0.4 is 10.1 Å². The summed E-state index contributed by atoms with van der Waals surface area (Å²) in [6.07, 6.45) is -9.20. The quantitative estimate of drug-likeness (QED) is 0.404. The second-order valence-electron chi connectivity index (χ2n) is 8.10. The van der Waals surface area contributed by atoms with Crippen molar-refractivity contribution in [1.82, 2.24) is 9.99 Å². The molecule has 1 amide bonds. The van der Waals surface area contributed by atoms with Gasteiger partial charge in [0.15, 0.2) is 0 Å². The molecular weight excluding hydrogens is 528 g/mol. The highest BCUT2D eigenvalue weighted by Crippen LogP contribution is 2.33. The van der Waals surface area contributed by atoms with Gasteiger partial charge in [0.2, 0.25) is 5.91 Å². The van der Waals surface area contributed by atoms with Crippen LogP contribution in [0.25, 0.3) is 0 Å². The van der Waals surface area contributed by atoms with E-state index in [1.165, 1.54) is 29.3 Å². The predicted octanol–water partition coefficient (Wildman–Crippen LogP) is 5.72. The number of alkyl halides is 6. The number of pyridine rings is 1. The molecule has 4 rings (SSSR count). The Morgan fingerprint density at radius 2 is 1.66 bits per heavy atom. The molecule has 38 heavy (non-hydrogen) atoms. The molecule has 14 heteroatoms. The number of rotatable bonds is 6. The van der Waals surface area contributed by atoms with Gasteiger partial charge in [0, 0.05) is 11.9 Å². The molecule has 0 bridgehead atoms. The lowest BCUT2D eigenvalue weighted by molar-refractivity contribution is -0.274. The van der Waals surface area contributed by atoms with E-state index in [4.69, 9.17) is 0 Å². The van der Waals surface area contributed by atoms with E-state index in [1.807, 2.05) is 0 Å². The number of nitrogens with zero attached hydrogens (tertiary/aromatic N) is 3. The van der Waals surface area contributed by atoms with Gasteiger partial charge in [-0.15, -0.1) is 13.2 Å². The van der Waals surface area contributed by atoms with Crippen molar-refractivity contribution in [2.24, 2.45) is 5.10 Å². The van der Waals surface area contributed by atoms with Crippen LogP contribution in [-0.4, -0.2) is 41.1 Å². The van der Waals surface area contributed by atoms with E-state index in [9.17, 15) is 39.9 Å². The number of anilines is 1. The number of amides is 1. The molecule has 1 aromatic heterocycles. The Hall–Kier alpha value is -4.23. The number of hydrogen-bond donors (Lipinski definition) is 1. The van der Waals surface area contributed by atoms with Crippen LogP contribution in [0.4, 0.5) is 40.8 Å². The SMILES string of the molecule is O=C(CN1CC(c2ncc(C(F)(F)F)cc2F)C(c2ccc(F)cc2)=N1)Nc1ccc(OC(F)(F)F)cc1. The number of hydrogen-bond acceptors (Lipinski definition) is 5. The highest BCUT2D eigenvalue weighted by Gasteiger charge is 2.36. The number of carbonyl (C=O) groups excluding carboxylic acids is 1. The average Bonchev–Trinajstić information content (AvgIpc) is 3.22. The number of halogens is 8. The minimum Gasteiger partial charge on any atom is -0.406 e. The third kappa shape index (κ3) is 6.55. The van der Waals surface area contributed by atoms with Gasteiger partial charge in [-0.25, -0.2) is 8.78 Å². The molecule has 1 aliphatic heterocycles. The summed E-state index contributed by atoms with van der Waals surface area (Å²) in [5.41, 5.74) is -0.985. The predicted molar refractivity (Wildman–Crippen MR) is 118 cm³/mol. The second kappa shape index (κ2) is 10.3. The fraction of sp³-hybridized carbons (Fsp3) is 0.208. The maximum absolute atomic E-state index is 14.7. The lowest BCUT2D eigenvalue weighted by atomic mass is 9.93. The van der Waals surface area contributed by atoms with Gasteiger partial charge in [-0.3, -0.25) is 14.8 Å². The van der Waals surface area contributed by atoms with E-state index in [1.54, 1.807) is 0 Å². The first-order valence-electron chi connectivity index (χ1n) is 10.8. The number of carbonyl (C=O) groups is 1. The maximum Gasteiger partial charge on any atom is 0.573 e. The zero-order valence-electron chi connectivity index (χ0n) is 18.9. The molecule has 0 saturated carbocycles. The van der Waals surface area contributed by atoms with Crippen molar-refractivity contribution in [2.75, 3.05) is 18.4 Å². The van der Waals surface area contributed by atoms with Crippen molar-refractivity contribution in [3.63, 3.8) is 0 Å². The fourth-order valence-electron chi connectivity index (χ4n) is 3.72. The Morgan fingerprint density at radius 3 is 2.24 bits per heavy atom. The van der Waals surface area contributed by atoms with E-state index in [2.05, 4.69) is 20.1 Å². The van der Waals surface area contributed by atoms with Gasteiger partial charge in [0.05, 0.1) is 29.4 Å². The van der Waals surface area contributed by atoms with Crippen molar-refractivity contribution in [2.45, 2.75) is 18.5 Å². The summed E-state index contributed by atoms with van der Waals surface area (Å²) in [6, 6.07) is 9.60. The minimum atomic E-state index is -4.88. The van der Waals surface area contributed by atoms with Crippen molar-refractivity contribution >= 4 is 17.3 Å². The first-order chi connectivity index (χ1) is 17.8. The average molecular weight is 544 g/mol. The van der Waals surface area contributed by atoms with Gasteiger partial charge in [0.1, 0.15) is 23.9 Å². The molecule has 1 aliphatic rings. The molecule has 2 aromatic carbocycles. The third-order valence-electron chi connectivity index (χ3n) is 5.34. The van der Waals surface area contributed by atoms with Gasteiger partial charge in [-0.2, -0.15) is 18.3 Å². The number of aromatic nitrogens is 1. The van der Waals surface area contributed by atoms with Crippen molar-refractivity contribution in [3.8, 4) is 5.75 Å². The first-order valence-corrected chi connectivity index (χ1v) is 10.8. The minimum absolute atomic E-state index is 0.145. The molecule has 1 N–H and O–H groups in total. The summed E-state index contributed by atoms with van der Waals surface area (Å²) in [4.78, 5) is 16.2. The molecule has 0 fully saturated rings. The van der Waals surface area contributed by atoms with Crippen LogP contribution in [-0.2, 0) is 11.0 Å². The van der Waals surface area contributed by atoms with Crippen LogP contribution in [0.15, 0.2) is 65.9 Å². The topological polar surface area (TPSA) is 66.8 Å². The van der Waals surface area contributed by atoms with Crippen LogP contribution >= 0.6 is 0 Å². The standard InChI is InChI=1S/C24H16F8N4O2/c25-15-3-1-13(2-4-15)21-18(22-19(26)9-14(10-33-22)23(27,28)29)11-36(35-21)12-20(37)34-16-5-7-17(8-6-16)38-24(30,31)32/h1-10,18H,11-12H2,(H,34,37). The summed E-state index contributed by atoms with van der Waals surface area (Å²) in [6.45, 7) is -0.544. The highest BCUT2D eigenvalue weighted by atomic mass is 19.4. The van der Waals surface area contributed by atoms with Crippen molar-refractivity contribution in [3.05, 3.63) is 89.2 Å². The zero-order valence-corrected chi connectivity index (χ0v) is 18.9. The zero-order chi connectivity index (χ0) is 27.7. The van der Waals surface area contributed by atoms with E-state index in [-0.39, 0.29) is 23.6 Å². The summed E-state index contributed by atoms with van der Waals surface area (Å²) in [5.74, 6) is -3.91. The van der Waals surface area contributed by atoms with Crippen LogP contribution in [0, 0.1) is 11.6 Å². The molecule has 200 valence electrons. The summed E-state index contributed by atoms with van der Waals surface area (Å²) >= 11 is 0. The first kappa shape index (κ1) is 26.8. The smallest absolute Gasteiger partial charge is 0.406 e. The molecular formula is C24H16F8N4O2. The van der Waals surface area contributed by atoms with E-state index >= 15 is 0 Å². The van der Waals surface area contributed by atoms with E-state index in [0.29, 0.717) is 17.8 Å². The maximum atomic E-state index is 14.7. The summed E-state index contributed by atoms with van der Waals surface area (Å²) in [7, 11) is 0. The molecule has 0 saturated heterocycles. The number of ether oxygens (including phenoxy) is 1. The van der Waals surface area contributed by atoms with Crippen LogP contribution in [0.3, 0.4) is 0 Å². The van der Waals surface area contributed by atoms with Crippen molar-refractivity contribution in [1.29, 1.82) is 0 Å². The van der Waals surface area contributed by atoms with E-state index < -0.39 is 53.9 Å². The largest absolute Gasteiger partial charge is 0.573 e. The Balaban J connectivity index is 1.53. The number of nitrogens with one attached hydrogen (secondary N) is 1. The number of hydrazone groups is 1. The van der Waals surface area contributed by atoms with Gasteiger partial charge < -0.3 is 10.1 Å². The van der Waals surface area contributed by atoms with Gasteiger partial charge >= 0.3 is 12.5 Å². The molecule has 1 atom stereocenters. The van der Waals surface area contributed by atoms with Gasteiger partial charge in [-0.1, -0.05) is 12.1 Å². The lowest BCUT2D eigenvalue weighted by Crippen LogP contribution is -2.29. The molecule has 1 unspecified atom stereocenters. The molecule has 6 nitrogen and oxygen atoms in total. The van der Waals surface area contributed by atoms with Crippen molar-refractivity contribution < 1.29 is 44.7 Å². The lowest BCUT2D eigenvalue weighted by Gasteiger charge is -2.17. The Bertz CT molecular complexity index is 1340. The molecule has 0 radical (unpaired) electrons. The Kier molecular flexibility index (Phi) is 7.24. The second-order valence-corrected chi connectivity index (χ2v) is 8.10. The monoisotopic (exact) mass is 544 g/mol. The molecule has 2 heterocycles. The third-order valence-corrected chi connectivity index (χ3v) is 5.34. The van der Waals surface area contributed by atoms with Crippen LogP contribution in [0.1, 0.15) is 22.7 Å². The van der Waals surface area contributed by atoms with Crippen LogP contribution in [0.5, 0.6) is 5.75 Å². The summed E-state index contributed by atoms with van der Waals surface area (Å²) in [5, 5.41) is 7.97. The van der Waals surface area contributed by atoms with Gasteiger partial charge in [0.25, 0.3) is 0 Å².